The fraction of sp³-hybridized carbons (Fsp3) is 0.192. The van der Waals surface area contributed by atoms with Crippen LogP contribution < -0.4 is 10.1 Å². The van der Waals surface area contributed by atoms with Crippen LogP contribution in [0.4, 0.5) is 0 Å². The van der Waals surface area contributed by atoms with E-state index in [-0.39, 0.29) is 12.1 Å². The summed E-state index contributed by atoms with van der Waals surface area (Å²) in [7, 11) is 1.68. The lowest BCUT2D eigenvalue weighted by molar-refractivity contribution is 0.302. The molecular formula is C26H25N5OS. The lowest BCUT2D eigenvalue weighted by Crippen LogP contribution is -2.30. The van der Waals surface area contributed by atoms with Gasteiger partial charge < -0.3 is 19.5 Å². The zero-order chi connectivity index (χ0) is 22.8. The second kappa shape index (κ2) is 9.03. The minimum atomic E-state index is -0.0770. The fourth-order valence-electron chi connectivity index (χ4n) is 4.46. The summed E-state index contributed by atoms with van der Waals surface area (Å²) >= 11 is 5.84. The van der Waals surface area contributed by atoms with Crippen molar-refractivity contribution < 1.29 is 4.74 Å². The second-order valence-electron chi connectivity index (χ2n) is 8.04. The van der Waals surface area contributed by atoms with Crippen molar-refractivity contribution in [2.75, 3.05) is 7.11 Å². The summed E-state index contributed by atoms with van der Waals surface area (Å²) in [5.41, 5.74) is 5.49. The molecule has 2 atom stereocenters. The topological polar surface area (TPSA) is 55.2 Å². The first-order valence-electron chi connectivity index (χ1n) is 10.9. The Hall–Kier alpha value is -3.71. The summed E-state index contributed by atoms with van der Waals surface area (Å²) in [6.45, 7) is 2.80. The second-order valence-corrected chi connectivity index (χ2v) is 8.43. The lowest BCUT2D eigenvalue weighted by Gasteiger charge is -2.29. The van der Waals surface area contributed by atoms with Gasteiger partial charge >= 0.3 is 0 Å². The minimum absolute atomic E-state index is 0.0450. The Kier molecular flexibility index (Phi) is 5.79. The molecule has 0 spiro atoms. The number of ether oxygens (including phenoxy) is 1. The van der Waals surface area contributed by atoms with E-state index in [1.807, 2.05) is 55.0 Å². The zero-order valence-electron chi connectivity index (χ0n) is 18.6. The molecule has 1 fully saturated rings. The molecule has 1 aliphatic rings. The molecule has 33 heavy (non-hydrogen) atoms. The fourth-order valence-corrected chi connectivity index (χ4v) is 4.76. The van der Waals surface area contributed by atoms with Crippen LogP contribution in [0.5, 0.6) is 5.75 Å². The number of pyridine rings is 2. The predicted molar refractivity (Wildman–Crippen MR) is 132 cm³/mol. The van der Waals surface area contributed by atoms with E-state index in [0.29, 0.717) is 11.7 Å². The zero-order valence-corrected chi connectivity index (χ0v) is 19.4. The minimum Gasteiger partial charge on any atom is -0.497 e. The molecule has 6 nitrogen and oxygen atoms in total. The summed E-state index contributed by atoms with van der Waals surface area (Å²) in [6.07, 6.45) is 5.46. The highest BCUT2D eigenvalue weighted by molar-refractivity contribution is 7.80. The van der Waals surface area contributed by atoms with Crippen LogP contribution in [0.15, 0.2) is 85.3 Å². The largest absolute Gasteiger partial charge is 0.497 e. The van der Waals surface area contributed by atoms with Crippen molar-refractivity contribution in [3.63, 3.8) is 0 Å². The standard InChI is InChI=1S/C26H25N5OS/c1-18-6-11-23(31(18)20-7-9-21(32-2)10-8-20)25-24(22-5-3-4-14-28-22)29-26(33)30(25)17-19-12-15-27-16-13-19/h3-16,24-25H,17H2,1-2H3,(H,29,33)/t24-,25-/m0/s1. The first kappa shape index (κ1) is 21.2. The van der Waals surface area contributed by atoms with Crippen LogP contribution in [0.2, 0.25) is 0 Å². The summed E-state index contributed by atoms with van der Waals surface area (Å²) < 4.78 is 7.65. The summed E-state index contributed by atoms with van der Waals surface area (Å²) in [6, 6.07) is 22.4. The Morgan fingerprint density at radius 3 is 2.45 bits per heavy atom. The van der Waals surface area contributed by atoms with Crippen LogP contribution in [0.25, 0.3) is 5.69 Å². The van der Waals surface area contributed by atoms with Gasteiger partial charge in [-0.2, -0.15) is 0 Å². The molecule has 3 aromatic heterocycles. The molecule has 0 radical (unpaired) electrons. The van der Waals surface area contributed by atoms with E-state index < -0.39 is 0 Å². The molecule has 1 N–H and O–H groups in total. The monoisotopic (exact) mass is 455 g/mol. The summed E-state index contributed by atoms with van der Waals surface area (Å²) in [5.74, 6) is 0.833. The highest BCUT2D eigenvalue weighted by Crippen LogP contribution is 2.41. The maximum atomic E-state index is 5.84. The van der Waals surface area contributed by atoms with Crippen molar-refractivity contribution in [1.82, 2.24) is 24.8 Å². The van der Waals surface area contributed by atoms with Crippen molar-refractivity contribution in [2.24, 2.45) is 0 Å². The Morgan fingerprint density at radius 1 is 0.970 bits per heavy atom. The van der Waals surface area contributed by atoms with Gasteiger partial charge in [-0.05, 0) is 85.4 Å². The SMILES string of the molecule is COc1ccc(-n2c(C)ccc2[C@H]2[C@H](c3ccccn3)NC(=S)N2Cc2ccncc2)cc1. The molecule has 0 bridgehead atoms. The van der Waals surface area contributed by atoms with Crippen molar-refractivity contribution in [3.8, 4) is 11.4 Å². The predicted octanol–water partition coefficient (Wildman–Crippen LogP) is 4.76. The lowest BCUT2D eigenvalue weighted by atomic mass is 10.0. The molecule has 1 aliphatic heterocycles. The van der Waals surface area contributed by atoms with Crippen LogP contribution in [0.1, 0.15) is 34.7 Å². The number of benzene rings is 1. The van der Waals surface area contributed by atoms with Crippen LogP contribution >= 0.6 is 12.2 Å². The third kappa shape index (κ3) is 4.07. The molecule has 1 aromatic carbocycles. The van der Waals surface area contributed by atoms with Gasteiger partial charge in [-0.15, -0.1) is 0 Å². The van der Waals surface area contributed by atoms with Gasteiger partial charge in [0, 0.05) is 42.2 Å². The van der Waals surface area contributed by atoms with Crippen LogP contribution in [-0.4, -0.2) is 31.7 Å². The van der Waals surface area contributed by atoms with Gasteiger partial charge in [-0.1, -0.05) is 6.07 Å². The maximum absolute atomic E-state index is 5.84. The number of nitrogens with one attached hydrogen (secondary N) is 1. The smallest absolute Gasteiger partial charge is 0.170 e. The highest BCUT2D eigenvalue weighted by atomic mass is 32.1. The van der Waals surface area contributed by atoms with Crippen molar-refractivity contribution in [2.45, 2.75) is 25.6 Å². The molecule has 5 rings (SSSR count). The van der Waals surface area contributed by atoms with Crippen molar-refractivity contribution >= 4 is 17.3 Å². The molecule has 0 saturated carbocycles. The molecule has 166 valence electrons. The summed E-state index contributed by atoms with van der Waals surface area (Å²) in [5, 5.41) is 4.26. The van der Waals surface area contributed by atoms with Gasteiger partial charge in [0.2, 0.25) is 0 Å². The quantitative estimate of drug-likeness (QED) is 0.423. The number of aryl methyl sites for hydroxylation is 1. The normalized spacial score (nSPS) is 17.8. The molecule has 0 amide bonds. The molecule has 4 heterocycles. The molecule has 1 saturated heterocycles. The first-order chi connectivity index (χ1) is 16.2. The maximum Gasteiger partial charge on any atom is 0.170 e. The van der Waals surface area contributed by atoms with Gasteiger partial charge in [0.1, 0.15) is 5.75 Å². The molecule has 0 unspecified atom stereocenters. The Morgan fingerprint density at radius 2 is 1.76 bits per heavy atom. The van der Waals surface area contributed by atoms with E-state index in [1.54, 1.807) is 7.11 Å². The van der Waals surface area contributed by atoms with Gasteiger partial charge in [-0.25, -0.2) is 0 Å². The Bertz CT molecular complexity index is 1240. The van der Waals surface area contributed by atoms with Crippen molar-refractivity contribution in [3.05, 3.63) is 108 Å². The highest BCUT2D eigenvalue weighted by Gasteiger charge is 2.41. The number of nitrogens with zero attached hydrogens (tertiary/aromatic N) is 4. The number of rotatable bonds is 6. The average Bonchev–Trinajstić information content (AvgIpc) is 3.39. The van der Waals surface area contributed by atoms with E-state index in [9.17, 15) is 0 Å². The molecule has 4 aromatic rings. The Balaban J connectivity index is 1.62. The number of thiocarbonyl (C=S) groups is 1. The number of hydrogen-bond donors (Lipinski definition) is 1. The third-order valence-electron chi connectivity index (χ3n) is 6.04. The van der Waals surface area contributed by atoms with Gasteiger partial charge in [0.05, 0.1) is 24.9 Å². The van der Waals surface area contributed by atoms with E-state index in [0.717, 1.165) is 34.1 Å². The van der Waals surface area contributed by atoms with Gasteiger partial charge in [-0.3, -0.25) is 9.97 Å². The van der Waals surface area contributed by atoms with E-state index in [4.69, 9.17) is 17.0 Å². The van der Waals surface area contributed by atoms with Crippen LogP contribution in [0.3, 0.4) is 0 Å². The van der Waals surface area contributed by atoms with Gasteiger partial charge in [0.25, 0.3) is 0 Å². The number of aromatic nitrogens is 3. The molecular weight excluding hydrogens is 430 g/mol. The van der Waals surface area contributed by atoms with Crippen molar-refractivity contribution in [1.29, 1.82) is 0 Å². The van der Waals surface area contributed by atoms with Crippen LogP contribution in [0, 0.1) is 6.92 Å². The van der Waals surface area contributed by atoms with E-state index >= 15 is 0 Å². The first-order valence-corrected chi connectivity index (χ1v) is 11.3. The third-order valence-corrected chi connectivity index (χ3v) is 6.39. The average molecular weight is 456 g/mol. The molecule has 7 heteroatoms. The van der Waals surface area contributed by atoms with Crippen LogP contribution in [-0.2, 0) is 6.54 Å². The van der Waals surface area contributed by atoms with Gasteiger partial charge in [0.15, 0.2) is 5.11 Å². The number of hydrogen-bond acceptors (Lipinski definition) is 4. The number of methoxy groups -OCH3 is 1. The van der Waals surface area contributed by atoms with E-state index in [2.05, 4.69) is 62.0 Å². The molecule has 0 aliphatic carbocycles. The summed E-state index contributed by atoms with van der Waals surface area (Å²) in [4.78, 5) is 11.1. The van der Waals surface area contributed by atoms with E-state index in [1.165, 1.54) is 0 Å². The Labute approximate surface area is 198 Å².